The van der Waals surface area contributed by atoms with Crippen molar-refractivity contribution in [1.29, 1.82) is 0 Å². The van der Waals surface area contributed by atoms with Gasteiger partial charge in [0.1, 0.15) is 5.75 Å². The number of hydrogen-bond donors (Lipinski definition) is 2. The van der Waals surface area contributed by atoms with E-state index in [1.807, 2.05) is 0 Å². The van der Waals surface area contributed by atoms with Crippen LogP contribution < -0.4 is 15.4 Å². The van der Waals surface area contributed by atoms with Gasteiger partial charge in [0.2, 0.25) is 0 Å². The van der Waals surface area contributed by atoms with Crippen molar-refractivity contribution in [2.24, 2.45) is 5.10 Å². The zero-order chi connectivity index (χ0) is 24.1. The highest BCUT2D eigenvalue weighted by molar-refractivity contribution is 6.32. The van der Waals surface area contributed by atoms with E-state index in [-0.39, 0.29) is 5.02 Å². The SMILES string of the molecule is C/C=N\N(C)/C(=C(\C)Cl)c1cc(NC(=O)Nc2ccc(Cl)cc2C(F)(F)F)ccc1OC. The Balaban J connectivity index is 2.36. The number of allylic oxidation sites excluding steroid dienone is 1. The van der Waals surface area contributed by atoms with Gasteiger partial charge in [-0.3, -0.25) is 5.01 Å². The highest BCUT2D eigenvalue weighted by atomic mass is 35.5. The van der Waals surface area contributed by atoms with Crippen LogP contribution >= 0.6 is 23.2 Å². The normalized spacial score (nSPS) is 12.4. The first-order valence-electron chi connectivity index (χ1n) is 9.19. The molecular formula is C21H21Cl2F3N4O2. The van der Waals surface area contributed by atoms with Crippen molar-refractivity contribution in [2.75, 3.05) is 24.8 Å². The lowest BCUT2D eigenvalue weighted by molar-refractivity contribution is -0.136. The summed E-state index contributed by atoms with van der Waals surface area (Å²) in [6.07, 6.45) is -3.12. The Kier molecular flexibility index (Phi) is 8.40. The number of urea groups is 1. The van der Waals surface area contributed by atoms with E-state index in [1.54, 1.807) is 45.3 Å². The molecule has 32 heavy (non-hydrogen) atoms. The van der Waals surface area contributed by atoms with E-state index in [2.05, 4.69) is 15.7 Å². The molecule has 2 N–H and O–H groups in total. The summed E-state index contributed by atoms with van der Waals surface area (Å²) in [6.45, 7) is 3.41. The summed E-state index contributed by atoms with van der Waals surface area (Å²) in [5.41, 5.74) is -0.152. The number of benzene rings is 2. The van der Waals surface area contributed by atoms with Crippen LogP contribution in [0.1, 0.15) is 25.0 Å². The van der Waals surface area contributed by atoms with Gasteiger partial charge in [-0.15, -0.1) is 0 Å². The molecule has 2 rings (SSSR count). The Morgan fingerprint density at radius 2 is 1.88 bits per heavy atom. The predicted molar refractivity (Wildman–Crippen MR) is 122 cm³/mol. The number of ether oxygens (including phenoxy) is 1. The van der Waals surface area contributed by atoms with Crippen molar-refractivity contribution in [3.8, 4) is 5.75 Å². The maximum absolute atomic E-state index is 13.3. The number of carbonyl (C=O) groups is 1. The molecule has 11 heteroatoms. The number of anilines is 2. The molecule has 2 aromatic carbocycles. The summed E-state index contributed by atoms with van der Waals surface area (Å²) in [4.78, 5) is 12.4. The quantitative estimate of drug-likeness (QED) is 0.344. The third-order valence-corrected chi connectivity index (χ3v) is 4.60. The molecule has 0 spiro atoms. The average Bonchev–Trinajstić information content (AvgIpc) is 2.69. The maximum Gasteiger partial charge on any atom is 0.418 e. The fraction of sp³-hybridized carbons (Fsp3) is 0.238. The van der Waals surface area contributed by atoms with Crippen molar-refractivity contribution < 1.29 is 22.7 Å². The Labute approximate surface area is 193 Å². The van der Waals surface area contributed by atoms with Gasteiger partial charge in [0.25, 0.3) is 0 Å². The number of rotatable bonds is 6. The molecular weight excluding hydrogens is 468 g/mol. The highest BCUT2D eigenvalue weighted by Gasteiger charge is 2.34. The molecule has 0 aliphatic heterocycles. The summed E-state index contributed by atoms with van der Waals surface area (Å²) in [5.74, 6) is 0.459. The van der Waals surface area contributed by atoms with Crippen molar-refractivity contribution in [2.45, 2.75) is 20.0 Å². The van der Waals surface area contributed by atoms with E-state index in [1.165, 1.54) is 18.2 Å². The first kappa shape index (κ1) is 25.4. The highest BCUT2D eigenvalue weighted by Crippen LogP contribution is 2.37. The molecule has 0 atom stereocenters. The summed E-state index contributed by atoms with van der Waals surface area (Å²) < 4.78 is 45.2. The molecule has 0 saturated heterocycles. The van der Waals surface area contributed by atoms with Gasteiger partial charge in [0.05, 0.1) is 24.1 Å². The van der Waals surface area contributed by atoms with Crippen LogP contribution in [0, 0.1) is 0 Å². The summed E-state index contributed by atoms with van der Waals surface area (Å²) in [7, 11) is 3.16. The molecule has 2 amide bonds. The van der Waals surface area contributed by atoms with E-state index < -0.39 is 23.5 Å². The molecule has 0 fully saturated rings. The first-order chi connectivity index (χ1) is 15.0. The Morgan fingerprint density at radius 1 is 1.19 bits per heavy atom. The van der Waals surface area contributed by atoms with Gasteiger partial charge in [0.15, 0.2) is 0 Å². The lowest BCUT2D eigenvalue weighted by Gasteiger charge is -2.21. The van der Waals surface area contributed by atoms with Crippen LogP contribution in [0.3, 0.4) is 0 Å². The van der Waals surface area contributed by atoms with E-state index in [4.69, 9.17) is 27.9 Å². The van der Waals surface area contributed by atoms with Crippen LogP contribution in [-0.2, 0) is 6.18 Å². The number of hydrazone groups is 1. The Morgan fingerprint density at radius 3 is 2.44 bits per heavy atom. The van der Waals surface area contributed by atoms with Gasteiger partial charge >= 0.3 is 12.2 Å². The van der Waals surface area contributed by atoms with Crippen molar-refractivity contribution in [1.82, 2.24) is 5.01 Å². The van der Waals surface area contributed by atoms with Crippen LogP contribution in [-0.4, -0.2) is 31.4 Å². The third kappa shape index (κ3) is 6.30. The fourth-order valence-electron chi connectivity index (χ4n) is 2.93. The number of halogens is 5. The second-order valence-electron chi connectivity index (χ2n) is 6.46. The van der Waals surface area contributed by atoms with Crippen LogP contribution in [0.4, 0.5) is 29.3 Å². The van der Waals surface area contributed by atoms with Crippen molar-refractivity contribution in [3.63, 3.8) is 0 Å². The minimum Gasteiger partial charge on any atom is -0.496 e. The number of carbonyl (C=O) groups excluding carboxylic acids is 1. The maximum atomic E-state index is 13.3. The largest absolute Gasteiger partial charge is 0.496 e. The van der Waals surface area contributed by atoms with Crippen LogP contribution in [0.2, 0.25) is 5.02 Å². The molecule has 6 nitrogen and oxygen atoms in total. The molecule has 0 radical (unpaired) electrons. The van der Waals surface area contributed by atoms with Crippen molar-refractivity contribution >= 4 is 52.5 Å². The summed E-state index contributed by atoms with van der Waals surface area (Å²) in [6, 6.07) is 6.92. The topological polar surface area (TPSA) is 66.0 Å². The molecule has 0 aliphatic rings. The predicted octanol–water partition coefficient (Wildman–Crippen LogP) is 6.88. The number of alkyl halides is 3. The Hall–Kier alpha value is -2.91. The second kappa shape index (κ2) is 10.6. The Bertz CT molecular complexity index is 1050. The first-order valence-corrected chi connectivity index (χ1v) is 9.95. The number of nitrogens with zero attached hydrogens (tertiary/aromatic N) is 2. The minimum atomic E-state index is -4.69. The van der Waals surface area contributed by atoms with E-state index in [0.717, 1.165) is 12.1 Å². The number of hydrogen-bond acceptors (Lipinski definition) is 4. The zero-order valence-corrected chi connectivity index (χ0v) is 19.2. The van der Waals surface area contributed by atoms with Gasteiger partial charge < -0.3 is 15.4 Å². The molecule has 172 valence electrons. The summed E-state index contributed by atoms with van der Waals surface area (Å²) >= 11 is 11.9. The summed E-state index contributed by atoms with van der Waals surface area (Å²) in [5, 5.41) is 10.7. The standard InChI is InChI=1S/C21H21Cl2F3N4O2/c1-5-27-30(3)19(12(2)22)15-11-14(7-9-18(15)32-4)28-20(31)29-17-8-6-13(23)10-16(17)21(24,25)26/h5-11H,1-4H3,(H2,28,29,31)/b19-12+,27-5-. The molecule has 0 unspecified atom stereocenters. The lowest BCUT2D eigenvalue weighted by Crippen LogP contribution is -2.22. The number of methoxy groups -OCH3 is 1. The number of amides is 2. The molecule has 2 aromatic rings. The molecule has 0 bridgehead atoms. The van der Waals surface area contributed by atoms with E-state index in [0.29, 0.717) is 27.7 Å². The van der Waals surface area contributed by atoms with E-state index >= 15 is 0 Å². The number of nitrogens with one attached hydrogen (secondary N) is 2. The molecule has 0 aliphatic carbocycles. The lowest BCUT2D eigenvalue weighted by atomic mass is 10.1. The van der Waals surface area contributed by atoms with E-state index in [9.17, 15) is 18.0 Å². The van der Waals surface area contributed by atoms with Gasteiger partial charge in [-0.2, -0.15) is 18.3 Å². The second-order valence-corrected chi connectivity index (χ2v) is 7.46. The fourth-order valence-corrected chi connectivity index (χ4v) is 3.33. The van der Waals surface area contributed by atoms with Gasteiger partial charge in [-0.05, 0) is 50.2 Å². The van der Waals surface area contributed by atoms with Gasteiger partial charge in [0, 0.05) is 34.6 Å². The van der Waals surface area contributed by atoms with Crippen LogP contribution in [0.5, 0.6) is 5.75 Å². The third-order valence-electron chi connectivity index (χ3n) is 4.19. The monoisotopic (exact) mass is 488 g/mol. The van der Waals surface area contributed by atoms with Gasteiger partial charge in [-0.1, -0.05) is 23.2 Å². The average molecular weight is 489 g/mol. The van der Waals surface area contributed by atoms with Crippen molar-refractivity contribution in [3.05, 3.63) is 57.6 Å². The molecule has 0 aromatic heterocycles. The minimum absolute atomic E-state index is 0.0994. The van der Waals surface area contributed by atoms with Crippen LogP contribution in [0.15, 0.2) is 46.5 Å². The molecule has 0 saturated carbocycles. The zero-order valence-electron chi connectivity index (χ0n) is 17.6. The van der Waals surface area contributed by atoms with Crippen LogP contribution in [0.25, 0.3) is 5.70 Å². The van der Waals surface area contributed by atoms with Gasteiger partial charge in [-0.25, -0.2) is 4.79 Å². The molecule has 0 heterocycles. The smallest absolute Gasteiger partial charge is 0.418 e.